The molecule has 1 aliphatic carbocycles. The predicted octanol–water partition coefficient (Wildman–Crippen LogP) is 2.85. The van der Waals surface area contributed by atoms with E-state index in [2.05, 4.69) is 36.2 Å². The first-order valence-corrected chi connectivity index (χ1v) is 8.95. The van der Waals surface area contributed by atoms with Crippen LogP contribution in [0, 0.1) is 6.92 Å². The number of nitrogens with one attached hydrogen (secondary N) is 1. The zero-order valence-electron chi connectivity index (χ0n) is 12.2. The number of aromatic amines is 1. The van der Waals surface area contributed by atoms with Crippen LogP contribution < -0.4 is 11.4 Å². The minimum absolute atomic E-state index is 0.0486. The third kappa shape index (κ3) is 3.09. The fourth-order valence-corrected chi connectivity index (χ4v) is 4.78. The highest BCUT2D eigenvalue weighted by atomic mass is 32.2. The summed E-state index contributed by atoms with van der Waals surface area (Å²) < 4.78 is 1.79. The van der Waals surface area contributed by atoms with Crippen LogP contribution in [0.3, 0.4) is 0 Å². The molecule has 1 fully saturated rings. The maximum atomic E-state index is 11.9. The summed E-state index contributed by atoms with van der Waals surface area (Å²) in [4.78, 5) is 14.4. The van der Waals surface area contributed by atoms with Crippen molar-refractivity contribution in [3.8, 4) is 0 Å². The van der Waals surface area contributed by atoms with Crippen LogP contribution in [0.15, 0.2) is 22.1 Å². The van der Waals surface area contributed by atoms with Crippen LogP contribution in [0.1, 0.15) is 47.2 Å². The lowest BCUT2D eigenvalue weighted by Crippen LogP contribution is -2.25. The molecule has 0 amide bonds. The second-order valence-electron chi connectivity index (χ2n) is 5.47. The van der Waals surface area contributed by atoms with Gasteiger partial charge in [0.1, 0.15) is 0 Å². The minimum Gasteiger partial charge on any atom is -0.326 e. The number of nitrogens with zero attached hydrogens (tertiary/aromatic N) is 2. The molecular formula is C14H20N4OS2. The summed E-state index contributed by atoms with van der Waals surface area (Å²) in [6.07, 6.45) is 3.03. The maximum Gasteiger partial charge on any atom is 0.344 e. The lowest BCUT2D eigenvalue weighted by atomic mass is 10.1. The Balaban J connectivity index is 1.90. The van der Waals surface area contributed by atoms with Gasteiger partial charge < -0.3 is 5.73 Å². The molecule has 5 nitrogen and oxygen atoms in total. The summed E-state index contributed by atoms with van der Waals surface area (Å²) in [5.74, 6) is 0. The van der Waals surface area contributed by atoms with Crippen molar-refractivity contribution < 1.29 is 0 Å². The normalized spacial score (nSPS) is 17.9. The van der Waals surface area contributed by atoms with E-state index in [1.807, 2.05) is 0 Å². The van der Waals surface area contributed by atoms with E-state index >= 15 is 0 Å². The van der Waals surface area contributed by atoms with E-state index in [-0.39, 0.29) is 17.0 Å². The van der Waals surface area contributed by atoms with Crippen molar-refractivity contribution in [3.05, 3.63) is 32.4 Å². The summed E-state index contributed by atoms with van der Waals surface area (Å²) in [6, 6.07) is 4.63. The average Bonchev–Trinajstić information content (AvgIpc) is 3.11. The molecule has 0 radical (unpaired) electrons. The fraction of sp³-hybridized carbons (Fsp3) is 0.571. The molecule has 0 aromatic carbocycles. The monoisotopic (exact) mass is 324 g/mol. The van der Waals surface area contributed by atoms with Gasteiger partial charge in [-0.25, -0.2) is 9.89 Å². The zero-order valence-corrected chi connectivity index (χ0v) is 13.8. The molecule has 7 heteroatoms. The molecular weight excluding hydrogens is 304 g/mol. The SMILES string of the molecule is CCC(N)C(Sc1n[nH]c(=O)n1C1CC1)c1ccc(C)s1. The third-order valence-electron chi connectivity index (χ3n) is 3.72. The van der Waals surface area contributed by atoms with Crippen LogP contribution in [0.2, 0.25) is 0 Å². The molecule has 114 valence electrons. The molecule has 3 N–H and O–H groups in total. The molecule has 2 unspecified atom stereocenters. The number of aryl methyl sites for hydroxylation is 1. The first-order chi connectivity index (χ1) is 10.1. The molecule has 1 saturated carbocycles. The van der Waals surface area contributed by atoms with Crippen molar-refractivity contribution in [2.45, 2.75) is 55.6 Å². The van der Waals surface area contributed by atoms with E-state index in [1.54, 1.807) is 27.7 Å². The highest BCUT2D eigenvalue weighted by Crippen LogP contribution is 2.43. The van der Waals surface area contributed by atoms with Gasteiger partial charge in [-0.05, 0) is 38.3 Å². The molecule has 1 aliphatic rings. The van der Waals surface area contributed by atoms with Crippen molar-refractivity contribution in [2.75, 3.05) is 0 Å². The Morgan fingerprint density at radius 3 is 2.90 bits per heavy atom. The van der Waals surface area contributed by atoms with Crippen LogP contribution in [0.5, 0.6) is 0 Å². The summed E-state index contributed by atoms with van der Waals surface area (Å²) >= 11 is 3.38. The van der Waals surface area contributed by atoms with E-state index in [9.17, 15) is 4.79 Å². The summed E-state index contributed by atoms with van der Waals surface area (Å²) in [6.45, 7) is 4.19. The molecule has 2 aromatic rings. The van der Waals surface area contributed by atoms with E-state index in [1.165, 1.54) is 9.75 Å². The van der Waals surface area contributed by atoms with E-state index in [4.69, 9.17) is 5.73 Å². The Morgan fingerprint density at radius 2 is 2.33 bits per heavy atom. The van der Waals surface area contributed by atoms with Gasteiger partial charge in [-0.3, -0.25) is 4.57 Å². The molecule has 0 spiro atoms. The van der Waals surface area contributed by atoms with E-state index < -0.39 is 0 Å². The van der Waals surface area contributed by atoms with Crippen LogP contribution in [0.25, 0.3) is 0 Å². The van der Waals surface area contributed by atoms with Gasteiger partial charge in [-0.2, -0.15) is 0 Å². The fourth-order valence-electron chi connectivity index (χ4n) is 2.32. The molecule has 0 bridgehead atoms. The Labute approximate surface area is 131 Å². The number of thioether (sulfide) groups is 1. The lowest BCUT2D eigenvalue weighted by molar-refractivity contribution is 0.619. The van der Waals surface area contributed by atoms with Gasteiger partial charge in [-0.15, -0.1) is 16.4 Å². The summed E-state index contributed by atoms with van der Waals surface area (Å²) in [5.41, 5.74) is 6.21. The standard InChI is InChI=1S/C14H20N4OS2/c1-3-10(15)12(11-7-4-8(2)20-11)21-14-17-16-13(19)18(14)9-5-6-9/h4,7,9-10,12H,3,5-6,15H2,1-2H3,(H,16,19). The number of thiophene rings is 1. The minimum atomic E-state index is -0.105. The number of aromatic nitrogens is 3. The van der Waals surface area contributed by atoms with Gasteiger partial charge in [0.15, 0.2) is 5.16 Å². The number of H-pyrrole nitrogens is 1. The van der Waals surface area contributed by atoms with Crippen molar-refractivity contribution in [2.24, 2.45) is 5.73 Å². The molecule has 3 rings (SSSR count). The Bertz CT molecular complexity index is 671. The molecule has 2 heterocycles. The Hall–Kier alpha value is -1.05. The predicted molar refractivity (Wildman–Crippen MR) is 87.0 cm³/mol. The molecule has 0 saturated heterocycles. The van der Waals surface area contributed by atoms with Gasteiger partial charge in [0.05, 0.1) is 5.25 Å². The highest BCUT2D eigenvalue weighted by Gasteiger charge is 2.31. The number of hydrogen-bond donors (Lipinski definition) is 2. The smallest absolute Gasteiger partial charge is 0.326 e. The summed E-state index contributed by atoms with van der Waals surface area (Å²) in [5, 5.41) is 7.69. The zero-order chi connectivity index (χ0) is 15.0. The van der Waals surface area contributed by atoms with Crippen molar-refractivity contribution in [3.63, 3.8) is 0 Å². The molecule has 2 atom stereocenters. The topological polar surface area (TPSA) is 76.7 Å². The van der Waals surface area contributed by atoms with Gasteiger partial charge in [-0.1, -0.05) is 18.7 Å². The Morgan fingerprint density at radius 1 is 1.57 bits per heavy atom. The van der Waals surface area contributed by atoms with Gasteiger partial charge in [0, 0.05) is 21.8 Å². The van der Waals surface area contributed by atoms with Crippen molar-refractivity contribution in [1.29, 1.82) is 0 Å². The summed E-state index contributed by atoms with van der Waals surface area (Å²) in [7, 11) is 0. The quantitative estimate of drug-likeness (QED) is 0.801. The van der Waals surface area contributed by atoms with Gasteiger partial charge in [0.2, 0.25) is 0 Å². The second kappa shape index (κ2) is 5.98. The van der Waals surface area contributed by atoms with Crippen LogP contribution in [0.4, 0.5) is 0 Å². The first kappa shape index (κ1) is 14.9. The van der Waals surface area contributed by atoms with Crippen LogP contribution >= 0.6 is 23.1 Å². The van der Waals surface area contributed by atoms with Crippen molar-refractivity contribution >= 4 is 23.1 Å². The number of rotatable bonds is 6. The number of hydrogen-bond acceptors (Lipinski definition) is 5. The third-order valence-corrected chi connectivity index (χ3v) is 6.31. The lowest BCUT2D eigenvalue weighted by Gasteiger charge is -2.20. The van der Waals surface area contributed by atoms with Gasteiger partial charge >= 0.3 is 5.69 Å². The maximum absolute atomic E-state index is 11.9. The second-order valence-corrected chi connectivity index (χ2v) is 7.90. The number of nitrogens with two attached hydrogens (primary N) is 1. The first-order valence-electron chi connectivity index (χ1n) is 7.25. The van der Waals surface area contributed by atoms with Crippen LogP contribution in [-0.4, -0.2) is 20.8 Å². The van der Waals surface area contributed by atoms with Gasteiger partial charge in [0.25, 0.3) is 0 Å². The van der Waals surface area contributed by atoms with E-state index in [0.717, 1.165) is 24.4 Å². The average molecular weight is 324 g/mol. The highest BCUT2D eigenvalue weighted by molar-refractivity contribution is 7.99. The Kier molecular flexibility index (Phi) is 4.24. The largest absolute Gasteiger partial charge is 0.344 e. The van der Waals surface area contributed by atoms with Crippen LogP contribution in [-0.2, 0) is 0 Å². The molecule has 0 aliphatic heterocycles. The molecule has 21 heavy (non-hydrogen) atoms. The molecule has 2 aromatic heterocycles. The van der Waals surface area contributed by atoms with Crippen molar-refractivity contribution in [1.82, 2.24) is 14.8 Å². The van der Waals surface area contributed by atoms with E-state index in [0.29, 0.717) is 6.04 Å².